The average molecular weight is 293 g/mol. The lowest BCUT2D eigenvalue weighted by atomic mass is 9.84. The van der Waals surface area contributed by atoms with E-state index in [1.165, 1.54) is 0 Å². The molecule has 2 nitrogen and oxygen atoms in total. The molecule has 1 unspecified atom stereocenters. The first-order chi connectivity index (χ1) is 9.96. The zero-order chi connectivity index (χ0) is 15.3. The molecule has 1 heterocycles. The standard InChI is InChI=1S/C18H28FNO/c1-18(2,3)20-13-15(12-14-8-10-21-11-9-14)16-6-4-5-7-17(16)19/h4-7,14-15,20H,8-13H2,1-3H3. The van der Waals surface area contributed by atoms with Crippen molar-refractivity contribution in [1.29, 1.82) is 0 Å². The fraction of sp³-hybridized carbons (Fsp3) is 0.667. The van der Waals surface area contributed by atoms with E-state index in [4.69, 9.17) is 4.74 Å². The number of halogens is 1. The molecule has 21 heavy (non-hydrogen) atoms. The van der Waals surface area contributed by atoms with Gasteiger partial charge in [-0.15, -0.1) is 0 Å². The molecule has 0 spiro atoms. The molecule has 0 aliphatic carbocycles. The zero-order valence-electron chi connectivity index (χ0n) is 13.5. The number of benzene rings is 1. The quantitative estimate of drug-likeness (QED) is 0.882. The molecular weight excluding hydrogens is 265 g/mol. The lowest BCUT2D eigenvalue weighted by Gasteiger charge is -2.30. The van der Waals surface area contributed by atoms with E-state index in [-0.39, 0.29) is 17.3 Å². The number of hydrogen-bond acceptors (Lipinski definition) is 2. The predicted octanol–water partition coefficient (Wildman–Crippen LogP) is 4.11. The maximum absolute atomic E-state index is 14.2. The molecular formula is C18H28FNO. The molecule has 2 rings (SSSR count). The molecule has 0 radical (unpaired) electrons. The van der Waals surface area contributed by atoms with Crippen LogP contribution in [0.3, 0.4) is 0 Å². The van der Waals surface area contributed by atoms with Gasteiger partial charge in [0.15, 0.2) is 0 Å². The summed E-state index contributed by atoms with van der Waals surface area (Å²) in [5.41, 5.74) is 0.903. The lowest BCUT2D eigenvalue weighted by molar-refractivity contribution is 0.0613. The summed E-state index contributed by atoms with van der Waals surface area (Å²) in [5.74, 6) is 0.795. The summed E-state index contributed by atoms with van der Waals surface area (Å²) in [4.78, 5) is 0. The Kier molecular flexibility index (Phi) is 5.77. The second kappa shape index (κ2) is 7.37. The Balaban J connectivity index is 2.07. The third-order valence-electron chi connectivity index (χ3n) is 4.18. The van der Waals surface area contributed by atoms with E-state index < -0.39 is 0 Å². The topological polar surface area (TPSA) is 21.3 Å². The van der Waals surface area contributed by atoms with Crippen LogP contribution in [0.25, 0.3) is 0 Å². The number of hydrogen-bond donors (Lipinski definition) is 1. The summed E-state index contributed by atoms with van der Waals surface area (Å²) in [5, 5.41) is 3.54. The zero-order valence-corrected chi connectivity index (χ0v) is 13.5. The maximum Gasteiger partial charge on any atom is 0.126 e. The Morgan fingerprint density at radius 3 is 2.52 bits per heavy atom. The highest BCUT2D eigenvalue weighted by Crippen LogP contribution is 2.30. The van der Waals surface area contributed by atoms with Crippen LogP contribution in [-0.4, -0.2) is 25.3 Å². The summed E-state index contributed by atoms with van der Waals surface area (Å²) in [6, 6.07) is 7.21. The van der Waals surface area contributed by atoms with Crippen LogP contribution < -0.4 is 5.32 Å². The summed E-state index contributed by atoms with van der Waals surface area (Å²) in [7, 11) is 0. The van der Waals surface area contributed by atoms with Gasteiger partial charge in [-0.25, -0.2) is 4.39 Å². The van der Waals surface area contributed by atoms with Crippen LogP contribution >= 0.6 is 0 Å². The van der Waals surface area contributed by atoms with Crippen LogP contribution in [0.15, 0.2) is 24.3 Å². The van der Waals surface area contributed by atoms with Crippen LogP contribution in [0.4, 0.5) is 4.39 Å². The van der Waals surface area contributed by atoms with E-state index in [9.17, 15) is 4.39 Å². The smallest absolute Gasteiger partial charge is 0.126 e. The van der Waals surface area contributed by atoms with Crippen molar-refractivity contribution in [3.05, 3.63) is 35.6 Å². The maximum atomic E-state index is 14.2. The van der Waals surface area contributed by atoms with Gasteiger partial charge in [0, 0.05) is 25.3 Å². The van der Waals surface area contributed by atoms with Crippen molar-refractivity contribution >= 4 is 0 Å². The summed E-state index contributed by atoms with van der Waals surface area (Å²) in [6.07, 6.45) is 3.23. The van der Waals surface area contributed by atoms with Gasteiger partial charge in [0.25, 0.3) is 0 Å². The van der Waals surface area contributed by atoms with Gasteiger partial charge in [-0.1, -0.05) is 18.2 Å². The number of ether oxygens (including phenoxy) is 1. The molecule has 118 valence electrons. The van der Waals surface area contributed by atoms with Crippen LogP contribution in [0.1, 0.15) is 51.5 Å². The molecule has 1 atom stereocenters. The highest BCUT2D eigenvalue weighted by atomic mass is 19.1. The molecule has 1 aromatic rings. The van der Waals surface area contributed by atoms with Gasteiger partial charge in [0.2, 0.25) is 0 Å². The second-order valence-electron chi connectivity index (χ2n) is 7.14. The van der Waals surface area contributed by atoms with Crippen molar-refractivity contribution in [3.63, 3.8) is 0 Å². The molecule has 1 fully saturated rings. The van der Waals surface area contributed by atoms with Crippen LogP contribution in [-0.2, 0) is 4.74 Å². The first-order valence-corrected chi connectivity index (χ1v) is 8.03. The van der Waals surface area contributed by atoms with Crippen molar-refractivity contribution in [2.24, 2.45) is 5.92 Å². The summed E-state index contributed by atoms with van der Waals surface area (Å²) < 4.78 is 19.6. The minimum Gasteiger partial charge on any atom is -0.381 e. The van der Waals surface area contributed by atoms with Crippen LogP contribution in [0.2, 0.25) is 0 Å². The second-order valence-corrected chi connectivity index (χ2v) is 7.14. The van der Waals surface area contributed by atoms with Gasteiger partial charge < -0.3 is 10.1 Å². The lowest BCUT2D eigenvalue weighted by Crippen LogP contribution is -2.39. The first-order valence-electron chi connectivity index (χ1n) is 8.03. The van der Waals surface area contributed by atoms with Gasteiger partial charge in [0.1, 0.15) is 5.82 Å². The number of rotatable bonds is 5. The van der Waals surface area contributed by atoms with E-state index in [2.05, 4.69) is 26.1 Å². The highest BCUT2D eigenvalue weighted by molar-refractivity contribution is 5.22. The molecule has 0 saturated carbocycles. The highest BCUT2D eigenvalue weighted by Gasteiger charge is 2.23. The fourth-order valence-electron chi connectivity index (χ4n) is 2.94. The number of nitrogens with one attached hydrogen (secondary N) is 1. The largest absolute Gasteiger partial charge is 0.381 e. The Morgan fingerprint density at radius 1 is 1.24 bits per heavy atom. The molecule has 3 heteroatoms. The Morgan fingerprint density at radius 2 is 1.90 bits per heavy atom. The average Bonchev–Trinajstić information content (AvgIpc) is 2.44. The molecule has 0 aromatic heterocycles. The first kappa shape index (κ1) is 16.4. The van der Waals surface area contributed by atoms with Crippen molar-refractivity contribution < 1.29 is 9.13 Å². The van der Waals surface area contributed by atoms with E-state index in [1.54, 1.807) is 12.1 Å². The minimum absolute atomic E-state index is 0.0547. The van der Waals surface area contributed by atoms with Gasteiger partial charge >= 0.3 is 0 Å². The SMILES string of the molecule is CC(C)(C)NCC(CC1CCOCC1)c1ccccc1F. The van der Waals surface area contributed by atoms with Gasteiger partial charge in [-0.3, -0.25) is 0 Å². The van der Waals surface area contributed by atoms with Gasteiger partial charge in [-0.05, 0) is 63.5 Å². The van der Waals surface area contributed by atoms with E-state index in [1.807, 2.05) is 12.1 Å². The van der Waals surface area contributed by atoms with Crippen molar-refractivity contribution in [2.75, 3.05) is 19.8 Å². The van der Waals surface area contributed by atoms with Crippen LogP contribution in [0.5, 0.6) is 0 Å². The minimum atomic E-state index is -0.0785. The summed E-state index contributed by atoms with van der Waals surface area (Å²) in [6.45, 7) is 8.98. The van der Waals surface area contributed by atoms with Crippen LogP contribution in [0, 0.1) is 11.7 Å². The Bertz CT molecular complexity index is 435. The fourth-order valence-corrected chi connectivity index (χ4v) is 2.94. The Labute approximate surface area is 128 Å². The molecule has 1 aliphatic rings. The van der Waals surface area contributed by atoms with Crippen molar-refractivity contribution in [1.82, 2.24) is 5.32 Å². The summed E-state index contributed by atoms with van der Waals surface area (Å²) >= 11 is 0. The van der Waals surface area contributed by atoms with E-state index in [0.717, 1.165) is 44.6 Å². The normalized spacial score (nSPS) is 18.7. The Hall–Kier alpha value is -0.930. The molecule has 1 aromatic carbocycles. The van der Waals surface area contributed by atoms with Crippen molar-refractivity contribution in [2.45, 2.75) is 51.5 Å². The third-order valence-corrected chi connectivity index (χ3v) is 4.18. The molecule has 1 saturated heterocycles. The van der Waals surface area contributed by atoms with E-state index >= 15 is 0 Å². The van der Waals surface area contributed by atoms with Crippen molar-refractivity contribution in [3.8, 4) is 0 Å². The molecule has 0 bridgehead atoms. The van der Waals surface area contributed by atoms with Gasteiger partial charge in [0.05, 0.1) is 0 Å². The van der Waals surface area contributed by atoms with Gasteiger partial charge in [-0.2, -0.15) is 0 Å². The monoisotopic (exact) mass is 293 g/mol. The molecule has 1 N–H and O–H groups in total. The molecule has 0 amide bonds. The predicted molar refractivity (Wildman–Crippen MR) is 85.1 cm³/mol. The molecule has 1 aliphatic heterocycles. The van der Waals surface area contributed by atoms with E-state index in [0.29, 0.717) is 5.92 Å². The third kappa shape index (κ3) is 5.40.